The molecular weight excluding hydrogens is 607 g/mol. The van der Waals surface area contributed by atoms with Crippen LogP contribution < -0.4 is 14.8 Å². The molecule has 0 aromatic heterocycles. The average molecular weight is 645 g/mol. The smallest absolute Gasteiger partial charge is 0.290 e. The molecule has 0 spiro atoms. The van der Waals surface area contributed by atoms with Gasteiger partial charge in [-0.25, -0.2) is 0 Å². The second-order valence-corrected chi connectivity index (χ2v) is 10.7. The van der Waals surface area contributed by atoms with Crippen molar-refractivity contribution in [3.05, 3.63) is 32.9 Å². The number of nitrogens with zero attached hydrogens (tertiary/aromatic N) is 1. The zero-order valence-corrected chi connectivity index (χ0v) is 24.0. The highest BCUT2D eigenvalue weighted by Gasteiger charge is 2.44. The van der Waals surface area contributed by atoms with Crippen molar-refractivity contribution in [3.63, 3.8) is 0 Å². The van der Waals surface area contributed by atoms with Gasteiger partial charge in [0.1, 0.15) is 12.2 Å². The third-order valence-electron chi connectivity index (χ3n) is 7.06. The van der Waals surface area contributed by atoms with Crippen LogP contribution in [0, 0.1) is 3.57 Å². The predicted octanol–water partition coefficient (Wildman–Crippen LogP) is 1.85. The molecule has 10 nitrogen and oxygen atoms in total. The van der Waals surface area contributed by atoms with Crippen LogP contribution in [0.4, 0.5) is 0 Å². The van der Waals surface area contributed by atoms with Gasteiger partial charge >= 0.3 is 0 Å². The number of amides is 2. The van der Waals surface area contributed by atoms with E-state index in [1.807, 2.05) is 22.6 Å². The monoisotopic (exact) mass is 644 g/mol. The van der Waals surface area contributed by atoms with E-state index >= 15 is 0 Å². The summed E-state index contributed by atoms with van der Waals surface area (Å²) in [7, 11) is 1.46. The Balaban J connectivity index is 2.04. The summed E-state index contributed by atoms with van der Waals surface area (Å²) in [6, 6.07) is 2.25. The van der Waals surface area contributed by atoms with Crippen molar-refractivity contribution in [1.29, 1.82) is 0 Å². The Morgan fingerprint density at radius 1 is 1.16 bits per heavy atom. The molecule has 1 saturated carbocycles. The van der Waals surface area contributed by atoms with Gasteiger partial charge in [0.05, 0.1) is 29.9 Å². The molecule has 0 heterocycles. The normalized spacial score (nSPS) is 21.8. The molecule has 2 aliphatic carbocycles. The third kappa shape index (κ3) is 7.04. The lowest BCUT2D eigenvalue weighted by Crippen LogP contribution is -2.59. The topological polar surface area (TPSA) is 146 Å². The van der Waals surface area contributed by atoms with Crippen molar-refractivity contribution in [2.24, 2.45) is 0 Å². The molecule has 210 valence electrons. The fourth-order valence-electron chi connectivity index (χ4n) is 5.10. The molecule has 3 atom stereocenters. The van der Waals surface area contributed by atoms with E-state index in [9.17, 15) is 29.7 Å². The quantitative estimate of drug-likeness (QED) is 0.211. The van der Waals surface area contributed by atoms with Gasteiger partial charge in [-0.1, -0.05) is 26.2 Å². The van der Waals surface area contributed by atoms with Crippen molar-refractivity contribution in [3.8, 4) is 11.5 Å². The molecular formula is C27H37IN2O8. The third-order valence-corrected chi connectivity index (χ3v) is 7.86. The molecule has 1 aromatic carbocycles. The highest BCUT2D eigenvalue weighted by atomic mass is 127. The van der Waals surface area contributed by atoms with E-state index in [-0.39, 0.29) is 44.2 Å². The molecule has 3 rings (SSSR count). The number of carbonyl (C=O) groups excluding carboxylic acids is 3. The van der Waals surface area contributed by atoms with Crippen LogP contribution in [0.25, 0.3) is 0 Å². The summed E-state index contributed by atoms with van der Waals surface area (Å²) in [5.41, 5.74) is 0.907. The number of benzene rings is 1. The van der Waals surface area contributed by atoms with E-state index in [2.05, 4.69) is 5.32 Å². The number of Topliss-reactive ketones (excluding diaryl/α,β-unsaturated/α-hetero) is 1. The van der Waals surface area contributed by atoms with Crippen molar-refractivity contribution < 1.29 is 39.2 Å². The lowest BCUT2D eigenvalue weighted by Gasteiger charge is -2.45. The molecule has 1 fully saturated rings. The summed E-state index contributed by atoms with van der Waals surface area (Å²) in [5.74, 6) is -0.979. The maximum Gasteiger partial charge on any atom is 0.290 e. The number of carbonyl (C=O) groups is 3. The van der Waals surface area contributed by atoms with E-state index in [1.54, 1.807) is 19.1 Å². The number of rotatable bonds is 11. The second kappa shape index (κ2) is 14.2. The molecule has 0 saturated heterocycles. The number of ether oxygens (including phenoxy) is 2. The highest BCUT2D eigenvalue weighted by Crippen LogP contribution is 2.38. The molecule has 38 heavy (non-hydrogen) atoms. The average Bonchev–Trinajstić information content (AvgIpc) is 2.94. The van der Waals surface area contributed by atoms with Crippen LogP contribution in [0.3, 0.4) is 0 Å². The first-order valence-corrected chi connectivity index (χ1v) is 14.1. The van der Waals surface area contributed by atoms with Crippen LogP contribution in [0.1, 0.15) is 57.4 Å². The Morgan fingerprint density at radius 3 is 2.47 bits per heavy atom. The largest absolute Gasteiger partial charge is 0.493 e. The minimum absolute atomic E-state index is 0.0369. The van der Waals surface area contributed by atoms with Crippen LogP contribution >= 0.6 is 22.6 Å². The summed E-state index contributed by atoms with van der Waals surface area (Å²) < 4.78 is 12.3. The minimum Gasteiger partial charge on any atom is -0.493 e. The standard InChI is InChI=1S/C27H37IN2O8/c1-3-21(33)27(36)30(18-7-5-4-6-8-18)20-13-17(26(35)29-9-10-31)14-22(24(20)34)38-25-19(28)11-16(15-32)12-23(25)37-2/h11-12,14,18,20,22,24,31-32,34H,3-10,13,15H2,1-2H3,(H,29,35)/t20-,22+,24+/m1/s1. The van der Waals surface area contributed by atoms with Crippen molar-refractivity contribution in [2.75, 3.05) is 20.3 Å². The Bertz CT molecular complexity index is 1040. The van der Waals surface area contributed by atoms with Crippen LogP contribution in [0.15, 0.2) is 23.8 Å². The van der Waals surface area contributed by atoms with Gasteiger partial charge < -0.3 is 35.0 Å². The maximum absolute atomic E-state index is 13.4. The van der Waals surface area contributed by atoms with E-state index in [0.717, 1.165) is 19.3 Å². The number of ketones is 1. The highest BCUT2D eigenvalue weighted by molar-refractivity contribution is 14.1. The molecule has 2 amide bonds. The Kier molecular flexibility index (Phi) is 11.4. The van der Waals surface area contributed by atoms with Crippen LogP contribution in [-0.2, 0) is 21.0 Å². The lowest BCUT2D eigenvalue weighted by atomic mass is 9.85. The molecule has 2 aliphatic rings. The minimum atomic E-state index is -1.24. The van der Waals surface area contributed by atoms with Gasteiger partial charge in [0.2, 0.25) is 11.7 Å². The van der Waals surface area contributed by atoms with Gasteiger partial charge in [-0.2, -0.15) is 0 Å². The van der Waals surface area contributed by atoms with Gasteiger partial charge in [0.25, 0.3) is 5.91 Å². The lowest BCUT2D eigenvalue weighted by molar-refractivity contribution is -0.152. The molecule has 0 unspecified atom stereocenters. The van der Waals surface area contributed by atoms with Gasteiger partial charge in [0.15, 0.2) is 11.5 Å². The zero-order chi connectivity index (χ0) is 27.8. The van der Waals surface area contributed by atoms with Crippen LogP contribution in [0.5, 0.6) is 11.5 Å². The van der Waals surface area contributed by atoms with Gasteiger partial charge in [-0.05, 0) is 59.2 Å². The van der Waals surface area contributed by atoms with Crippen molar-refractivity contribution >= 4 is 40.2 Å². The fraction of sp³-hybridized carbons (Fsp3) is 0.593. The first-order valence-electron chi connectivity index (χ1n) is 13.0. The number of hydrogen-bond donors (Lipinski definition) is 4. The number of methoxy groups -OCH3 is 1. The van der Waals surface area contributed by atoms with Gasteiger partial charge in [-0.3, -0.25) is 14.4 Å². The molecule has 0 radical (unpaired) electrons. The van der Waals surface area contributed by atoms with E-state index in [0.29, 0.717) is 33.5 Å². The van der Waals surface area contributed by atoms with Crippen LogP contribution in [-0.4, -0.2) is 82.4 Å². The number of hydrogen-bond acceptors (Lipinski definition) is 8. The van der Waals surface area contributed by atoms with E-state index in [4.69, 9.17) is 9.47 Å². The maximum atomic E-state index is 13.4. The Labute approximate surface area is 236 Å². The SMILES string of the molecule is CCC(=O)C(=O)N(C1CCCCC1)[C@@H]1CC(C(=O)NCCO)=C[C@H](Oc2c(I)cc(CO)cc2OC)[C@H]1O. The Morgan fingerprint density at radius 2 is 1.87 bits per heavy atom. The molecule has 0 aliphatic heterocycles. The van der Waals surface area contributed by atoms with Crippen molar-refractivity contribution in [1.82, 2.24) is 10.2 Å². The summed E-state index contributed by atoms with van der Waals surface area (Å²) in [4.78, 5) is 40.5. The number of nitrogens with one attached hydrogen (secondary N) is 1. The summed E-state index contributed by atoms with van der Waals surface area (Å²) in [6.45, 7) is 1.23. The Hall–Kier alpha value is -2.22. The summed E-state index contributed by atoms with van der Waals surface area (Å²) >= 11 is 2.04. The number of aliphatic hydroxyl groups excluding tert-OH is 3. The fourth-order valence-corrected chi connectivity index (χ4v) is 5.90. The first kappa shape index (κ1) is 30.3. The van der Waals surface area contributed by atoms with Crippen molar-refractivity contribution in [2.45, 2.75) is 82.8 Å². The molecule has 0 bridgehead atoms. The van der Waals surface area contributed by atoms with Gasteiger partial charge in [-0.15, -0.1) is 0 Å². The summed E-state index contributed by atoms with van der Waals surface area (Å²) in [5, 5.41) is 33.0. The van der Waals surface area contributed by atoms with Crippen LogP contribution in [0.2, 0.25) is 0 Å². The number of halogens is 1. The van der Waals surface area contributed by atoms with Gasteiger partial charge in [0, 0.05) is 31.0 Å². The molecule has 1 aromatic rings. The predicted molar refractivity (Wildman–Crippen MR) is 148 cm³/mol. The number of aliphatic hydroxyl groups is 3. The zero-order valence-electron chi connectivity index (χ0n) is 21.8. The first-order chi connectivity index (χ1) is 18.2. The van der Waals surface area contributed by atoms with E-state index in [1.165, 1.54) is 18.1 Å². The second-order valence-electron chi connectivity index (χ2n) is 9.56. The molecule has 4 N–H and O–H groups in total. The summed E-state index contributed by atoms with van der Waals surface area (Å²) in [6.07, 6.45) is 3.59. The van der Waals surface area contributed by atoms with E-state index < -0.39 is 35.8 Å². The molecule has 11 heteroatoms.